The second-order valence-electron chi connectivity index (χ2n) is 6.28. The Morgan fingerprint density at radius 1 is 1.04 bits per heavy atom. The summed E-state index contributed by atoms with van der Waals surface area (Å²) in [5, 5.41) is 6.11. The summed E-state index contributed by atoms with van der Waals surface area (Å²) in [6.07, 6.45) is 3.09. The Morgan fingerprint density at radius 3 is 2.65 bits per heavy atom. The average Bonchev–Trinajstić information content (AvgIpc) is 3.16. The summed E-state index contributed by atoms with van der Waals surface area (Å²) in [5.41, 5.74) is 2.66. The highest BCUT2D eigenvalue weighted by Gasteiger charge is 2.27. The minimum Gasteiger partial charge on any atom is -0.347 e. The van der Waals surface area contributed by atoms with Crippen molar-refractivity contribution in [3.05, 3.63) is 65.4 Å². The zero-order valence-electron chi connectivity index (χ0n) is 14.2. The van der Waals surface area contributed by atoms with Crippen molar-refractivity contribution in [1.29, 1.82) is 0 Å². The van der Waals surface area contributed by atoms with Gasteiger partial charge in [0.15, 0.2) is 0 Å². The molecular weight excluding hydrogens is 330 g/mol. The Labute approximate surface area is 149 Å². The van der Waals surface area contributed by atoms with Crippen LogP contribution in [0.25, 0.3) is 10.9 Å². The first-order chi connectivity index (χ1) is 12.6. The van der Waals surface area contributed by atoms with Gasteiger partial charge >= 0.3 is 0 Å². The zero-order valence-corrected chi connectivity index (χ0v) is 14.2. The van der Waals surface area contributed by atoms with Crippen LogP contribution in [0.5, 0.6) is 0 Å². The van der Waals surface area contributed by atoms with Crippen molar-refractivity contribution in [3.63, 3.8) is 0 Å². The number of carbonyl (C=O) groups is 3. The molecule has 26 heavy (non-hydrogen) atoms. The highest BCUT2D eigenvalue weighted by molar-refractivity contribution is 6.22. The number of hydrogen-bond donors (Lipinski definition) is 2. The molecule has 4 rings (SSSR count). The third-order valence-corrected chi connectivity index (χ3v) is 4.49. The van der Waals surface area contributed by atoms with Gasteiger partial charge in [0.2, 0.25) is 0 Å². The van der Waals surface area contributed by atoms with Gasteiger partial charge in [-0.05, 0) is 48.9 Å². The van der Waals surface area contributed by atoms with E-state index in [2.05, 4.69) is 22.1 Å². The van der Waals surface area contributed by atoms with Gasteiger partial charge in [-0.2, -0.15) is 0 Å². The first-order valence-electron chi connectivity index (χ1n) is 8.47. The van der Waals surface area contributed by atoms with Gasteiger partial charge < -0.3 is 9.88 Å². The average molecular weight is 347 g/mol. The summed E-state index contributed by atoms with van der Waals surface area (Å²) in [6, 6.07) is 12.3. The molecule has 2 aromatic carbocycles. The Hall–Kier alpha value is -3.41. The summed E-state index contributed by atoms with van der Waals surface area (Å²) >= 11 is 0. The van der Waals surface area contributed by atoms with Crippen LogP contribution >= 0.6 is 0 Å². The number of nitrogens with zero attached hydrogens (tertiary/aromatic N) is 1. The number of amides is 3. The standard InChI is InChI=1S/C20H17N3O3/c1-2-8-23-9-7-12-10-14(4-6-17(12)23)21-18(24)13-3-5-15-16(11-13)20(26)22-19(15)25/h3-7,9-11H,2,8H2,1H3,(H,21,24)(H,22,25,26). The molecule has 1 aromatic heterocycles. The number of hydrogen-bond acceptors (Lipinski definition) is 3. The van der Waals surface area contributed by atoms with Crippen molar-refractivity contribution in [1.82, 2.24) is 9.88 Å². The third kappa shape index (κ3) is 2.65. The number of imide groups is 1. The SMILES string of the molecule is CCCn1ccc2cc(NC(=O)c3ccc4c(c3)C(=O)NC4=O)ccc21. The quantitative estimate of drug-likeness (QED) is 0.711. The van der Waals surface area contributed by atoms with Crippen molar-refractivity contribution in [2.75, 3.05) is 5.32 Å². The van der Waals surface area contributed by atoms with Gasteiger partial charge in [0, 0.05) is 34.9 Å². The van der Waals surface area contributed by atoms with Crippen molar-refractivity contribution < 1.29 is 14.4 Å². The predicted molar refractivity (Wildman–Crippen MR) is 98.4 cm³/mol. The highest BCUT2D eigenvalue weighted by Crippen LogP contribution is 2.22. The summed E-state index contributed by atoms with van der Waals surface area (Å²) in [7, 11) is 0. The lowest BCUT2D eigenvalue weighted by atomic mass is 10.1. The van der Waals surface area contributed by atoms with E-state index in [1.54, 1.807) is 6.07 Å². The molecule has 0 radical (unpaired) electrons. The van der Waals surface area contributed by atoms with E-state index in [0.29, 0.717) is 16.8 Å². The van der Waals surface area contributed by atoms with E-state index < -0.39 is 11.8 Å². The van der Waals surface area contributed by atoms with Crippen LogP contribution in [0.4, 0.5) is 5.69 Å². The molecule has 3 amide bonds. The van der Waals surface area contributed by atoms with E-state index in [9.17, 15) is 14.4 Å². The number of carbonyl (C=O) groups excluding carboxylic acids is 3. The number of aromatic nitrogens is 1. The molecule has 0 atom stereocenters. The van der Waals surface area contributed by atoms with E-state index in [0.717, 1.165) is 23.9 Å². The fourth-order valence-corrected chi connectivity index (χ4v) is 3.23. The molecule has 0 saturated heterocycles. The van der Waals surface area contributed by atoms with E-state index in [-0.39, 0.29) is 11.5 Å². The minimum absolute atomic E-state index is 0.231. The maximum absolute atomic E-state index is 12.5. The summed E-state index contributed by atoms with van der Waals surface area (Å²) in [6.45, 7) is 3.08. The van der Waals surface area contributed by atoms with Gasteiger partial charge in [-0.25, -0.2) is 0 Å². The molecule has 6 nitrogen and oxygen atoms in total. The van der Waals surface area contributed by atoms with Crippen LogP contribution in [-0.4, -0.2) is 22.3 Å². The minimum atomic E-state index is -0.474. The molecule has 1 aliphatic rings. The van der Waals surface area contributed by atoms with Crippen LogP contribution in [0.3, 0.4) is 0 Å². The van der Waals surface area contributed by atoms with Crippen molar-refractivity contribution in [2.45, 2.75) is 19.9 Å². The molecule has 130 valence electrons. The monoisotopic (exact) mass is 347 g/mol. The normalized spacial score (nSPS) is 13.0. The molecule has 2 heterocycles. The molecule has 0 unspecified atom stereocenters. The van der Waals surface area contributed by atoms with Gasteiger partial charge in [0.1, 0.15) is 0 Å². The van der Waals surface area contributed by atoms with Crippen molar-refractivity contribution >= 4 is 34.3 Å². The Kier molecular flexibility index (Phi) is 3.80. The highest BCUT2D eigenvalue weighted by atomic mass is 16.2. The second-order valence-corrected chi connectivity index (χ2v) is 6.28. The molecule has 1 aliphatic heterocycles. The first-order valence-corrected chi connectivity index (χ1v) is 8.47. The largest absolute Gasteiger partial charge is 0.347 e. The zero-order chi connectivity index (χ0) is 18.3. The van der Waals surface area contributed by atoms with E-state index in [4.69, 9.17) is 0 Å². The first kappa shape index (κ1) is 16.1. The van der Waals surface area contributed by atoms with E-state index in [1.165, 1.54) is 12.1 Å². The molecular formula is C20H17N3O3. The molecule has 0 bridgehead atoms. The molecule has 0 fully saturated rings. The lowest BCUT2D eigenvalue weighted by Gasteiger charge is -2.08. The Bertz CT molecular complexity index is 1070. The summed E-state index contributed by atoms with van der Waals surface area (Å²) in [4.78, 5) is 35.8. The smallest absolute Gasteiger partial charge is 0.258 e. The van der Waals surface area contributed by atoms with Gasteiger partial charge in [-0.15, -0.1) is 0 Å². The number of rotatable bonds is 4. The van der Waals surface area contributed by atoms with E-state index in [1.807, 2.05) is 30.5 Å². The molecule has 2 N–H and O–H groups in total. The lowest BCUT2D eigenvalue weighted by Crippen LogP contribution is -2.19. The van der Waals surface area contributed by atoms with Crippen LogP contribution in [0.1, 0.15) is 44.4 Å². The fourth-order valence-electron chi connectivity index (χ4n) is 3.23. The van der Waals surface area contributed by atoms with Crippen LogP contribution in [0.15, 0.2) is 48.7 Å². The van der Waals surface area contributed by atoms with Crippen molar-refractivity contribution in [2.24, 2.45) is 0 Å². The molecule has 3 aromatic rings. The third-order valence-electron chi connectivity index (χ3n) is 4.49. The fraction of sp³-hybridized carbons (Fsp3) is 0.150. The number of anilines is 1. The maximum Gasteiger partial charge on any atom is 0.258 e. The second kappa shape index (κ2) is 6.15. The lowest BCUT2D eigenvalue weighted by molar-refractivity contribution is 0.0879. The number of benzene rings is 2. The molecule has 0 aliphatic carbocycles. The number of fused-ring (bicyclic) bond motifs is 2. The number of nitrogens with one attached hydrogen (secondary N) is 2. The summed E-state index contributed by atoms with van der Waals surface area (Å²) in [5.74, 6) is -1.23. The molecule has 0 spiro atoms. The van der Waals surface area contributed by atoms with Crippen molar-refractivity contribution in [3.8, 4) is 0 Å². The van der Waals surface area contributed by atoms with Gasteiger partial charge in [-0.3, -0.25) is 19.7 Å². The summed E-state index contributed by atoms with van der Waals surface area (Å²) < 4.78 is 2.18. The Balaban J connectivity index is 1.59. The van der Waals surface area contributed by atoms with Gasteiger partial charge in [-0.1, -0.05) is 6.92 Å². The van der Waals surface area contributed by atoms with Crippen LogP contribution in [-0.2, 0) is 6.54 Å². The maximum atomic E-state index is 12.5. The van der Waals surface area contributed by atoms with Gasteiger partial charge in [0.25, 0.3) is 17.7 Å². The topological polar surface area (TPSA) is 80.2 Å². The molecule has 6 heteroatoms. The number of aryl methyl sites for hydroxylation is 1. The Morgan fingerprint density at radius 2 is 1.85 bits per heavy atom. The van der Waals surface area contributed by atoms with Crippen LogP contribution in [0.2, 0.25) is 0 Å². The van der Waals surface area contributed by atoms with Crippen LogP contribution in [0, 0.1) is 0 Å². The van der Waals surface area contributed by atoms with E-state index >= 15 is 0 Å². The molecule has 0 saturated carbocycles. The van der Waals surface area contributed by atoms with Gasteiger partial charge in [0.05, 0.1) is 11.1 Å². The predicted octanol–water partition coefficient (Wildman–Crippen LogP) is 3.19. The van der Waals surface area contributed by atoms with Crippen LogP contribution < -0.4 is 10.6 Å².